The van der Waals surface area contributed by atoms with Crippen molar-refractivity contribution < 1.29 is 9.15 Å². The van der Waals surface area contributed by atoms with Gasteiger partial charge in [0.05, 0.1) is 6.61 Å². The van der Waals surface area contributed by atoms with E-state index in [1.807, 2.05) is 13.0 Å². The minimum absolute atomic E-state index is 0.618. The van der Waals surface area contributed by atoms with Gasteiger partial charge in [-0.3, -0.25) is 0 Å². The van der Waals surface area contributed by atoms with Gasteiger partial charge in [-0.15, -0.1) is 0 Å². The average molecular weight is 260 g/mol. The van der Waals surface area contributed by atoms with Crippen LogP contribution in [0, 0.1) is 5.92 Å². The first kappa shape index (κ1) is 12.5. The zero-order valence-electron chi connectivity index (χ0n) is 11.3. The predicted octanol–water partition coefficient (Wildman–Crippen LogP) is 3.23. The third-order valence-corrected chi connectivity index (χ3v) is 3.58. The predicted molar refractivity (Wildman–Crippen MR) is 75.4 cm³/mol. The molecule has 1 atom stereocenters. The summed E-state index contributed by atoms with van der Waals surface area (Å²) < 4.78 is 11.1. The Balaban J connectivity index is 1.66. The Hall–Kier alpha value is -1.55. The number of oxazole rings is 1. The molecule has 1 N–H and O–H groups in total. The maximum absolute atomic E-state index is 5.61. The second-order valence-electron chi connectivity index (χ2n) is 5.11. The van der Waals surface area contributed by atoms with Crippen LogP contribution in [0.25, 0.3) is 11.1 Å². The van der Waals surface area contributed by atoms with E-state index in [1.54, 1.807) is 0 Å². The Morgan fingerprint density at radius 2 is 2.37 bits per heavy atom. The number of nitrogens with one attached hydrogen (secondary N) is 1. The molecule has 2 aromatic rings. The fourth-order valence-corrected chi connectivity index (χ4v) is 2.47. The molecule has 1 aliphatic rings. The van der Waals surface area contributed by atoms with Crippen molar-refractivity contribution in [3.05, 3.63) is 24.1 Å². The summed E-state index contributed by atoms with van der Waals surface area (Å²) in [6.07, 6.45) is 3.25. The van der Waals surface area contributed by atoms with E-state index < -0.39 is 0 Å². The van der Waals surface area contributed by atoms with Crippen LogP contribution in [0.15, 0.2) is 22.6 Å². The van der Waals surface area contributed by atoms with Crippen LogP contribution >= 0.6 is 0 Å². The van der Waals surface area contributed by atoms with Crippen LogP contribution in [-0.2, 0) is 11.2 Å². The van der Waals surface area contributed by atoms with E-state index in [1.165, 1.54) is 12.8 Å². The second-order valence-corrected chi connectivity index (χ2v) is 5.11. The quantitative estimate of drug-likeness (QED) is 0.916. The van der Waals surface area contributed by atoms with Crippen LogP contribution in [0.4, 0.5) is 5.69 Å². The first-order valence-electron chi connectivity index (χ1n) is 7.06. The number of aromatic nitrogens is 1. The molecule has 1 aromatic heterocycles. The Labute approximate surface area is 113 Å². The molecular formula is C15H20N2O2. The van der Waals surface area contributed by atoms with Crippen molar-refractivity contribution in [2.45, 2.75) is 26.2 Å². The van der Waals surface area contributed by atoms with Crippen molar-refractivity contribution in [2.75, 3.05) is 25.1 Å². The van der Waals surface area contributed by atoms with Gasteiger partial charge in [0.25, 0.3) is 0 Å². The minimum atomic E-state index is 0.618. The molecule has 1 fully saturated rings. The third-order valence-electron chi connectivity index (χ3n) is 3.58. The summed E-state index contributed by atoms with van der Waals surface area (Å²) >= 11 is 0. The van der Waals surface area contributed by atoms with Gasteiger partial charge in [0, 0.05) is 25.3 Å². The van der Waals surface area contributed by atoms with E-state index in [2.05, 4.69) is 22.4 Å². The van der Waals surface area contributed by atoms with Crippen molar-refractivity contribution in [1.82, 2.24) is 4.98 Å². The van der Waals surface area contributed by atoms with Crippen LogP contribution in [0.3, 0.4) is 0 Å². The van der Waals surface area contributed by atoms with Crippen LogP contribution in [0.5, 0.6) is 0 Å². The molecule has 0 bridgehead atoms. The summed E-state index contributed by atoms with van der Waals surface area (Å²) in [5.74, 6) is 1.42. The first-order chi connectivity index (χ1) is 9.35. The van der Waals surface area contributed by atoms with Crippen molar-refractivity contribution in [1.29, 1.82) is 0 Å². The zero-order chi connectivity index (χ0) is 13.1. The van der Waals surface area contributed by atoms with Gasteiger partial charge in [-0.25, -0.2) is 4.98 Å². The molecule has 2 heterocycles. The largest absolute Gasteiger partial charge is 0.441 e. The van der Waals surface area contributed by atoms with E-state index in [4.69, 9.17) is 9.15 Å². The smallest absolute Gasteiger partial charge is 0.195 e. The van der Waals surface area contributed by atoms with Gasteiger partial charge in [0.2, 0.25) is 0 Å². The average Bonchev–Trinajstić information content (AvgIpc) is 2.88. The molecule has 3 rings (SSSR count). The lowest BCUT2D eigenvalue weighted by molar-refractivity contribution is 0.0595. The molecule has 4 heteroatoms. The number of hydrogen-bond acceptors (Lipinski definition) is 4. The fourth-order valence-electron chi connectivity index (χ4n) is 2.47. The molecule has 0 aliphatic carbocycles. The van der Waals surface area contributed by atoms with Crippen LogP contribution in [-0.4, -0.2) is 24.7 Å². The number of aryl methyl sites for hydroxylation is 1. The standard InChI is InChI=1S/C15H20N2O2/c1-2-15-17-13-8-12(5-6-14(13)19-15)16-9-11-4-3-7-18-10-11/h5-6,8,11,16H,2-4,7,9-10H2,1H3. The highest BCUT2D eigenvalue weighted by molar-refractivity contribution is 5.77. The van der Waals surface area contributed by atoms with E-state index in [0.717, 1.165) is 48.9 Å². The van der Waals surface area contributed by atoms with Gasteiger partial charge in [-0.1, -0.05) is 6.92 Å². The van der Waals surface area contributed by atoms with Gasteiger partial charge >= 0.3 is 0 Å². The highest BCUT2D eigenvalue weighted by Gasteiger charge is 2.13. The third kappa shape index (κ3) is 2.89. The molecule has 19 heavy (non-hydrogen) atoms. The van der Waals surface area contributed by atoms with Gasteiger partial charge in [-0.2, -0.15) is 0 Å². The number of nitrogens with zero attached hydrogens (tertiary/aromatic N) is 1. The highest BCUT2D eigenvalue weighted by Crippen LogP contribution is 2.21. The summed E-state index contributed by atoms with van der Waals surface area (Å²) in [5.41, 5.74) is 2.90. The maximum Gasteiger partial charge on any atom is 0.195 e. The normalized spacial score (nSPS) is 19.7. The molecule has 1 unspecified atom stereocenters. The number of fused-ring (bicyclic) bond motifs is 1. The Kier molecular flexibility index (Phi) is 3.69. The van der Waals surface area contributed by atoms with Gasteiger partial charge in [0.15, 0.2) is 11.5 Å². The summed E-state index contributed by atoms with van der Waals surface area (Å²) in [6, 6.07) is 6.10. The van der Waals surface area contributed by atoms with E-state index in [0.29, 0.717) is 5.92 Å². The molecule has 0 amide bonds. The molecule has 0 radical (unpaired) electrons. The lowest BCUT2D eigenvalue weighted by Gasteiger charge is -2.22. The topological polar surface area (TPSA) is 47.3 Å². The van der Waals surface area contributed by atoms with Gasteiger partial charge in [0.1, 0.15) is 5.52 Å². The number of benzene rings is 1. The Morgan fingerprint density at radius 3 is 3.16 bits per heavy atom. The Bertz CT molecular complexity index is 544. The number of rotatable bonds is 4. The summed E-state index contributed by atoms with van der Waals surface area (Å²) in [6.45, 7) is 4.80. The molecular weight excluding hydrogens is 240 g/mol. The number of anilines is 1. The highest BCUT2D eigenvalue weighted by atomic mass is 16.5. The molecule has 1 aromatic carbocycles. The first-order valence-corrected chi connectivity index (χ1v) is 7.06. The maximum atomic E-state index is 5.61. The molecule has 0 saturated carbocycles. The summed E-state index contributed by atoms with van der Waals surface area (Å²) in [4.78, 5) is 4.46. The summed E-state index contributed by atoms with van der Waals surface area (Å²) in [5, 5.41) is 3.47. The Morgan fingerprint density at radius 1 is 1.42 bits per heavy atom. The van der Waals surface area contributed by atoms with Crippen molar-refractivity contribution in [3.63, 3.8) is 0 Å². The number of hydrogen-bond donors (Lipinski definition) is 1. The molecule has 1 aliphatic heterocycles. The van der Waals surface area contributed by atoms with E-state index >= 15 is 0 Å². The zero-order valence-corrected chi connectivity index (χ0v) is 11.3. The SMILES string of the molecule is CCc1nc2cc(NCC3CCCOC3)ccc2o1. The van der Waals surface area contributed by atoms with Gasteiger partial charge < -0.3 is 14.5 Å². The monoisotopic (exact) mass is 260 g/mol. The lowest BCUT2D eigenvalue weighted by atomic mass is 10.0. The van der Waals surface area contributed by atoms with Crippen LogP contribution in [0.2, 0.25) is 0 Å². The molecule has 0 spiro atoms. The lowest BCUT2D eigenvalue weighted by Crippen LogP contribution is -2.24. The molecule has 102 valence electrons. The summed E-state index contributed by atoms with van der Waals surface area (Å²) in [7, 11) is 0. The van der Waals surface area contributed by atoms with Crippen molar-refractivity contribution >= 4 is 16.8 Å². The molecule has 1 saturated heterocycles. The van der Waals surface area contributed by atoms with Crippen molar-refractivity contribution in [3.8, 4) is 0 Å². The van der Waals surface area contributed by atoms with E-state index in [-0.39, 0.29) is 0 Å². The molecule has 4 nitrogen and oxygen atoms in total. The minimum Gasteiger partial charge on any atom is -0.441 e. The van der Waals surface area contributed by atoms with Crippen LogP contribution in [0.1, 0.15) is 25.7 Å². The second kappa shape index (κ2) is 5.61. The number of ether oxygens (including phenoxy) is 1. The van der Waals surface area contributed by atoms with Crippen LogP contribution < -0.4 is 5.32 Å². The van der Waals surface area contributed by atoms with E-state index in [9.17, 15) is 0 Å². The fraction of sp³-hybridized carbons (Fsp3) is 0.533. The van der Waals surface area contributed by atoms with Gasteiger partial charge in [-0.05, 0) is 37.0 Å². The van der Waals surface area contributed by atoms with Crippen molar-refractivity contribution in [2.24, 2.45) is 5.92 Å².